The molecule has 2 aliphatic carbocycles. The van der Waals surface area contributed by atoms with Crippen molar-refractivity contribution in [2.45, 2.75) is 25.2 Å². The molecule has 0 amide bonds. The molecule has 2 aromatic heterocycles. The SMILES string of the molecule is CC1(C)c2c(ccc3c4ccccc4n(B4c5ccccc5-n5c6cc(-c7ccccc7)ccc6c6ccc(-c7ccccc7)c4c65)c23)C2C=CC=CC21. The molecular weight excluding hydrogens is 651 g/mol. The van der Waals surface area contributed by atoms with Gasteiger partial charge in [0.1, 0.15) is 0 Å². The molecule has 0 N–H and O–H groups in total. The van der Waals surface area contributed by atoms with E-state index in [4.69, 9.17) is 0 Å². The first kappa shape index (κ1) is 30.2. The van der Waals surface area contributed by atoms with Crippen LogP contribution in [0.15, 0.2) is 176 Å². The van der Waals surface area contributed by atoms with Crippen molar-refractivity contribution >= 4 is 61.4 Å². The molecule has 12 rings (SSSR count). The second-order valence-electron chi connectivity index (χ2n) is 16.0. The predicted molar refractivity (Wildman–Crippen MR) is 229 cm³/mol. The Balaban J connectivity index is 1.27. The molecule has 2 nitrogen and oxygen atoms in total. The lowest BCUT2D eigenvalue weighted by Gasteiger charge is -2.32. The lowest BCUT2D eigenvalue weighted by atomic mass is 9.46. The van der Waals surface area contributed by atoms with Gasteiger partial charge in [0.05, 0.1) is 11.0 Å². The zero-order valence-corrected chi connectivity index (χ0v) is 30.4. The monoisotopic (exact) mass is 688 g/mol. The Bertz CT molecular complexity index is 3090. The van der Waals surface area contributed by atoms with Gasteiger partial charge in [-0.25, -0.2) is 0 Å². The Morgan fingerprint density at radius 3 is 2.06 bits per heavy atom. The minimum atomic E-state index is -0.0658. The maximum atomic E-state index is 2.76. The van der Waals surface area contributed by atoms with Crippen LogP contribution in [0.4, 0.5) is 0 Å². The molecule has 0 saturated heterocycles. The number of fused-ring (bicyclic) bond motifs is 12. The van der Waals surface area contributed by atoms with Gasteiger partial charge in [-0.15, -0.1) is 0 Å². The zero-order valence-electron chi connectivity index (χ0n) is 30.4. The fraction of sp³-hybridized carbons (Fsp3) is 0.0980. The summed E-state index contributed by atoms with van der Waals surface area (Å²) in [5, 5.41) is 5.24. The van der Waals surface area contributed by atoms with Gasteiger partial charge in [0, 0.05) is 44.2 Å². The number of nitrogens with zero attached hydrogens (tertiary/aromatic N) is 2. The van der Waals surface area contributed by atoms with E-state index in [1.54, 1.807) is 0 Å². The molecule has 1 aliphatic heterocycles. The maximum absolute atomic E-state index is 2.76. The van der Waals surface area contributed by atoms with E-state index in [2.05, 4.69) is 199 Å². The summed E-state index contributed by atoms with van der Waals surface area (Å²) in [5.41, 5.74) is 17.0. The van der Waals surface area contributed by atoms with E-state index in [0.717, 1.165) is 0 Å². The Labute approximate surface area is 315 Å². The second-order valence-corrected chi connectivity index (χ2v) is 16.0. The fourth-order valence-corrected chi connectivity index (χ4v) is 10.8. The molecule has 9 aromatic rings. The smallest absolute Gasteiger partial charge is 0.333 e. The molecule has 254 valence electrons. The number of rotatable bonds is 3. The highest BCUT2D eigenvalue weighted by molar-refractivity contribution is 6.89. The van der Waals surface area contributed by atoms with E-state index in [1.807, 2.05) is 0 Å². The first-order valence-electron chi connectivity index (χ1n) is 19.3. The number of benzene rings is 7. The molecule has 3 heteroatoms. The zero-order chi connectivity index (χ0) is 35.7. The summed E-state index contributed by atoms with van der Waals surface area (Å²) in [4.78, 5) is 0. The van der Waals surface area contributed by atoms with Crippen LogP contribution in [0, 0.1) is 5.92 Å². The summed E-state index contributed by atoms with van der Waals surface area (Å²) >= 11 is 0. The van der Waals surface area contributed by atoms with Crippen molar-refractivity contribution < 1.29 is 0 Å². The Hall–Kier alpha value is -6.32. The van der Waals surface area contributed by atoms with Gasteiger partial charge in [-0.1, -0.05) is 172 Å². The normalized spacial score (nSPS) is 17.8. The number of allylic oxidation sites excluding steroid dienone is 4. The molecule has 54 heavy (non-hydrogen) atoms. The highest BCUT2D eigenvalue weighted by atomic mass is 15.0. The highest BCUT2D eigenvalue weighted by Gasteiger charge is 2.47. The largest absolute Gasteiger partial charge is 0.376 e. The van der Waals surface area contributed by atoms with E-state index < -0.39 is 0 Å². The second kappa shape index (κ2) is 10.9. The molecule has 3 heterocycles. The van der Waals surface area contributed by atoms with Crippen LogP contribution in [0.25, 0.3) is 71.6 Å². The number of hydrogen-bond acceptors (Lipinski definition) is 0. The molecule has 0 saturated carbocycles. The molecule has 3 aliphatic rings. The van der Waals surface area contributed by atoms with Crippen LogP contribution >= 0.6 is 0 Å². The van der Waals surface area contributed by atoms with Crippen molar-refractivity contribution in [3.63, 3.8) is 0 Å². The van der Waals surface area contributed by atoms with Gasteiger partial charge in [-0.05, 0) is 73.8 Å². The average molecular weight is 689 g/mol. The van der Waals surface area contributed by atoms with E-state index in [1.165, 1.54) is 93.6 Å². The molecule has 0 bridgehead atoms. The molecule has 7 aromatic carbocycles. The van der Waals surface area contributed by atoms with Crippen LogP contribution in [0.1, 0.15) is 30.9 Å². The first-order valence-corrected chi connectivity index (χ1v) is 19.3. The van der Waals surface area contributed by atoms with Crippen LogP contribution in [0.2, 0.25) is 0 Å². The summed E-state index contributed by atoms with van der Waals surface area (Å²) in [5.74, 6) is 0.789. The topological polar surface area (TPSA) is 9.86 Å². The third kappa shape index (κ3) is 3.86. The summed E-state index contributed by atoms with van der Waals surface area (Å²) < 4.78 is 5.34. The van der Waals surface area contributed by atoms with Gasteiger partial charge in [-0.2, -0.15) is 0 Å². The fourth-order valence-electron chi connectivity index (χ4n) is 10.8. The van der Waals surface area contributed by atoms with Gasteiger partial charge in [0.25, 0.3) is 0 Å². The van der Waals surface area contributed by atoms with Gasteiger partial charge in [0.15, 0.2) is 0 Å². The predicted octanol–water partition coefficient (Wildman–Crippen LogP) is 11.3. The van der Waals surface area contributed by atoms with E-state index >= 15 is 0 Å². The van der Waals surface area contributed by atoms with E-state index in [0.29, 0.717) is 11.8 Å². The number of para-hydroxylation sites is 2. The Morgan fingerprint density at radius 2 is 1.20 bits per heavy atom. The lowest BCUT2D eigenvalue weighted by molar-refractivity contribution is 0.396. The van der Waals surface area contributed by atoms with E-state index in [-0.39, 0.29) is 12.3 Å². The number of hydrogen-bond donors (Lipinski definition) is 0. The van der Waals surface area contributed by atoms with Crippen LogP contribution in [-0.4, -0.2) is 15.9 Å². The van der Waals surface area contributed by atoms with Crippen molar-refractivity contribution in [1.29, 1.82) is 0 Å². The van der Waals surface area contributed by atoms with Crippen LogP contribution < -0.4 is 10.9 Å². The molecule has 2 atom stereocenters. The lowest BCUT2D eigenvalue weighted by Crippen LogP contribution is -2.54. The van der Waals surface area contributed by atoms with Crippen molar-refractivity contribution in [2.75, 3.05) is 0 Å². The van der Waals surface area contributed by atoms with Crippen LogP contribution in [0.3, 0.4) is 0 Å². The summed E-state index contributed by atoms with van der Waals surface area (Å²) in [6.07, 6.45) is 9.39. The molecular formula is C51H37BN2. The van der Waals surface area contributed by atoms with Crippen molar-refractivity contribution in [3.8, 4) is 27.9 Å². The third-order valence-electron chi connectivity index (χ3n) is 13.0. The Morgan fingerprint density at radius 1 is 0.537 bits per heavy atom. The van der Waals surface area contributed by atoms with Crippen molar-refractivity contribution in [3.05, 3.63) is 187 Å². The minimum Gasteiger partial charge on any atom is -0.376 e. The molecule has 0 spiro atoms. The maximum Gasteiger partial charge on any atom is 0.333 e. The molecule has 0 fully saturated rings. The first-order chi connectivity index (χ1) is 26.6. The van der Waals surface area contributed by atoms with Crippen LogP contribution in [-0.2, 0) is 5.41 Å². The third-order valence-corrected chi connectivity index (χ3v) is 13.0. The minimum absolute atomic E-state index is 0.0575. The van der Waals surface area contributed by atoms with E-state index in [9.17, 15) is 0 Å². The highest BCUT2D eigenvalue weighted by Crippen LogP contribution is 2.56. The van der Waals surface area contributed by atoms with Crippen molar-refractivity contribution in [1.82, 2.24) is 9.05 Å². The summed E-state index contributed by atoms with van der Waals surface area (Å²) in [6, 6.07) is 56.9. The van der Waals surface area contributed by atoms with Gasteiger partial charge in [0.2, 0.25) is 0 Å². The summed E-state index contributed by atoms with van der Waals surface area (Å²) in [7, 11) is 0. The number of aromatic nitrogens is 2. The van der Waals surface area contributed by atoms with Gasteiger partial charge < -0.3 is 9.05 Å². The molecule has 2 unspecified atom stereocenters. The summed E-state index contributed by atoms with van der Waals surface area (Å²) in [6.45, 7) is 4.90. The Kier molecular flexibility index (Phi) is 6.07. The van der Waals surface area contributed by atoms with Gasteiger partial charge >= 0.3 is 6.85 Å². The van der Waals surface area contributed by atoms with Gasteiger partial charge in [-0.3, -0.25) is 0 Å². The van der Waals surface area contributed by atoms with Crippen molar-refractivity contribution in [2.24, 2.45) is 5.92 Å². The quantitative estimate of drug-likeness (QED) is 0.164. The molecule has 0 radical (unpaired) electrons. The van der Waals surface area contributed by atoms with Crippen LogP contribution in [0.5, 0.6) is 0 Å². The standard InChI is InChI=1S/C51H37BN2/c1-51(2)42-21-11-9-19-36(42)39-28-30-40-37-20-10-13-23-44(37)54(49(40)47(39)51)52-43-22-12-14-24-45(43)53-46-31-34(32-15-5-3-6-16-32)25-26-38(46)41-29-27-35(48(52)50(41)53)33-17-7-4-8-18-33/h3-31,36,42H,1-2H3. The average Bonchev–Trinajstić information content (AvgIpc) is 3.82.